The number of amides is 1. The van der Waals surface area contributed by atoms with Crippen LogP contribution in [0.15, 0.2) is 60.8 Å². The number of H-pyrrole nitrogens is 1. The molecule has 10 nitrogen and oxygen atoms in total. The summed E-state index contributed by atoms with van der Waals surface area (Å²) in [5.41, 5.74) is 3.92. The van der Waals surface area contributed by atoms with Gasteiger partial charge in [0.25, 0.3) is 5.91 Å². The molecule has 0 radical (unpaired) electrons. The molecule has 1 aliphatic rings. The van der Waals surface area contributed by atoms with Crippen LogP contribution in [-0.4, -0.2) is 73.8 Å². The Hall–Kier alpha value is -3.34. The molecular formula is C29H36IN9O. The van der Waals surface area contributed by atoms with Crippen molar-refractivity contribution in [1.82, 2.24) is 39.3 Å². The van der Waals surface area contributed by atoms with Crippen molar-refractivity contribution in [3.63, 3.8) is 0 Å². The Kier molecular flexibility index (Phi) is 9.89. The van der Waals surface area contributed by atoms with Gasteiger partial charge in [0.2, 0.25) is 0 Å². The van der Waals surface area contributed by atoms with Crippen molar-refractivity contribution < 1.29 is 4.79 Å². The molecule has 3 N–H and O–H groups in total. The Morgan fingerprint density at radius 3 is 2.52 bits per heavy atom. The summed E-state index contributed by atoms with van der Waals surface area (Å²) >= 11 is 2.28. The molecule has 0 saturated carbocycles. The monoisotopic (exact) mass is 653 g/mol. The molecule has 1 aliphatic heterocycles. The lowest BCUT2D eigenvalue weighted by molar-refractivity contribution is 0.0963. The number of halogens is 1. The lowest BCUT2D eigenvalue weighted by Gasteiger charge is -2.35. The fourth-order valence-corrected chi connectivity index (χ4v) is 5.89. The third-order valence-corrected chi connectivity index (χ3v) is 7.86. The third kappa shape index (κ3) is 6.51. The Labute approximate surface area is 249 Å². The van der Waals surface area contributed by atoms with Crippen molar-refractivity contribution >= 4 is 28.8 Å². The van der Waals surface area contributed by atoms with Crippen molar-refractivity contribution in [3.05, 3.63) is 88.9 Å². The Morgan fingerprint density at radius 1 is 1.27 bits per heavy atom. The first-order chi connectivity index (χ1) is 19.3. The molecule has 0 aliphatic carbocycles. The molecule has 1 aromatic heterocycles. The number of aromatic amines is 1. The Bertz CT molecular complexity index is 1320. The van der Waals surface area contributed by atoms with E-state index < -0.39 is 5.41 Å². The van der Waals surface area contributed by atoms with E-state index in [0.29, 0.717) is 24.4 Å². The van der Waals surface area contributed by atoms with Crippen LogP contribution in [0.1, 0.15) is 59.1 Å². The number of nitriles is 1. The standard InChI is InChI=1S/C29H36IN9O/c1-20(33-18-21(2)39-15-5-6-26(39)17-31)16-29(28-34-36-37-35-28,24-11-7-22(8-12-24)19-38(4)30)25-13-9-23(10-14-25)27(40)32-3/h7-14,20,26,33H,2,5-6,15-16,18-19H2,1,3-4H3,(H,32,40)(H,34,35,36,37)/t20-,26?,29?/m0/s1. The zero-order valence-electron chi connectivity index (χ0n) is 23.2. The number of nitrogens with zero attached hydrogens (tertiary/aromatic N) is 6. The molecular weight excluding hydrogens is 617 g/mol. The summed E-state index contributed by atoms with van der Waals surface area (Å²) in [7, 11) is 3.66. The van der Waals surface area contributed by atoms with Crippen LogP contribution < -0.4 is 10.6 Å². The molecule has 3 atom stereocenters. The highest BCUT2D eigenvalue weighted by molar-refractivity contribution is 14.1. The summed E-state index contributed by atoms with van der Waals surface area (Å²) in [6.07, 6.45) is 2.50. The molecule has 1 fully saturated rings. The van der Waals surface area contributed by atoms with Crippen molar-refractivity contribution in [2.24, 2.45) is 0 Å². The number of tetrazole rings is 1. The Balaban J connectivity index is 1.70. The molecule has 3 aromatic rings. The predicted molar refractivity (Wildman–Crippen MR) is 162 cm³/mol. The van der Waals surface area contributed by atoms with E-state index in [4.69, 9.17) is 0 Å². The highest BCUT2D eigenvalue weighted by Crippen LogP contribution is 2.41. The van der Waals surface area contributed by atoms with Gasteiger partial charge in [-0.05, 0) is 62.1 Å². The maximum Gasteiger partial charge on any atom is 0.251 e. The quantitative estimate of drug-likeness (QED) is 0.200. The zero-order chi connectivity index (χ0) is 28.7. The van der Waals surface area contributed by atoms with E-state index in [1.54, 1.807) is 7.05 Å². The first-order valence-electron chi connectivity index (χ1n) is 13.4. The normalized spacial score (nSPS) is 17.3. The van der Waals surface area contributed by atoms with E-state index in [9.17, 15) is 10.1 Å². The van der Waals surface area contributed by atoms with Gasteiger partial charge in [0.1, 0.15) is 6.04 Å². The SMILES string of the molecule is C=C(CN[C@@H](C)CC(c1ccc(CN(C)I)cc1)(c1ccc(C(=O)NC)cc1)c1nn[nH]n1)N1CCCC1C#N. The molecule has 1 saturated heterocycles. The summed E-state index contributed by atoms with van der Waals surface area (Å²) in [6, 6.07) is 18.4. The average molecular weight is 654 g/mol. The van der Waals surface area contributed by atoms with Gasteiger partial charge in [0.15, 0.2) is 5.82 Å². The molecule has 0 spiro atoms. The van der Waals surface area contributed by atoms with Gasteiger partial charge in [-0.3, -0.25) is 4.79 Å². The van der Waals surface area contributed by atoms with Crippen molar-refractivity contribution in [1.29, 1.82) is 5.26 Å². The van der Waals surface area contributed by atoms with Gasteiger partial charge in [-0.2, -0.15) is 10.5 Å². The maximum absolute atomic E-state index is 12.3. The van der Waals surface area contributed by atoms with E-state index in [-0.39, 0.29) is 18.0 Å². The van der Waals surface area contributed by atoms with Gasteiger partial charge >= 0.3 is 0 Å². The minimum absolute atomic E-state index is 0.0113. The summed E-state index contributed by atoms with van der Waals surface area (Å²) in [5, 5.41) is 31.4. The smallest absolute Gasteiger partial charge is 0.251 e. The highest BCUT2D eigenvalue weighted by atomic mass is 127. The number of likely N-dealkylation sites (tertiary alicyclic amines) is 1. The van der Waals surface area contributed by atoms with Crippen LogP contribution >= 0.6 is 22.9 Å². The van der Waals surface area contributed by atoms with Crippen molar-refractivity contribution in [2.45, 2.75) is 50.2 Å². The second-order valence-electron chi connectivity index (χ2n) is 10.3. The number of rotatable bonds is 12. The molecule has 1 amide bonds. The van der Waals surface area contributed by atoms with E-state index in [2.05, 4.69) is 106 Å². The molecule has 2 aromatic carbocycles. The van der Waals surface area contributed by atoms with E-state index in [1.165, 1.54) is 5.56 Å². The number of nitrogens with one attached hydrogen (secondary N) is 3. The van der Waals surface area contributed by atoms with E-state index >= 15 is 0 Å². The van der Waals surface area contributed by atoms with Crippen molar-refractivity contribution in [3.8, 4) is 6.07 Å². The Morgan fingerprint density at radius 2 is 1.95 bits per heavy atom. The van der Waals surface area contributed by atoms with Gasteiger partial charge in [0, 0.05) is 66.8 Å². The molecule has 11 heteroatoms. The lowest BCUT2D eigenvalue weighted by Crippen LogP contribution is -2.41. The second-order valence-corrected chi connectivity index (χ2v) is 11.9. The fraction of sp³-hybridized carbons (Fsp3) is 0.414. The first-order valence-corrected chi connectivity index (χ1v) is 14.3. The number of hydrogen-bond donors (Lipinski definition) is 3. The van der Waals surface area contributed by atoms with Gasteiger partial charge in [-0.25, -0.2) is 3.11 Å². The highest BCUT2D eigenvalue weighted by Gasteiger charge is 2.42. The minimum Gasteiger partial charge on any atom is -0.358 e. The largest absolute Gasteiger partial charge is 0.358 e. The maximum atomic E-state index is 12.3. The topological polar surface area (TPSA) is 126 Å². The van der Waals surface area contributed by atoms with Gasteiger partial charge in [-0.15, -0.1) is 10.2 Å². The molecule has 0 bridgehead atoms. The van der Waals surface area contributed by atoms with Crippen LogP contribution in [0.3, 0.4) is 0 Å². The fourth-order valence-electron chi connectivity index (χ4n) is 5.50. The molecule has 2 unspecified atom stereocenters. The number of carbonyl (C=O) groups excluding carboxylic acids is 1. The number of aromatic nitrogens is 4. The summed E-state index contributed by atoms with van der Waals surface area (Å²) in [4.78, 5) is 14.4. The second kappa shape index (κ2) is 13.3. The van der Waals surface area contributed by atoms with Crippen LogP contribution in [-0.2, 0) is 12.0 Å². The predicted octanol–water partition coefficient (Wildman–Crippen LogP) is 3.55. The van der Waals surface area contributed by atoms with E-state index in [0.717, 1.165) is 42.8 Å². The minimum atomic E-state index is -0.750. The van der Waals surface area contributed by atoms with Gasteiger partial charge < -0.3 is 15.5 Å². The van der Waals surface area contributed by atoms with Crippen LogP contribution in [0.4, 0.5) is 0 Å². The van der Waals surface area contributed by atoms with Crippen LogP contribution in [0.5, 0.6) is 0 Å². The molecule has 4 rings (SSSR count). The molecule has 210 valence electrons. The van der Waals surface area contributed by atoms with Crippen LogP contribution in [0.2, 0.25) is 0 Å². The number of hydrogen-bond acceptors (Lipinski definition) is 8. The number of carbonyl (C=O) groups is 1. The zero-order valence-corrected chi connectivity index (χ0v) is 25.4. The third-order valence-electron chi connectivity index (χ3n) is 7.52. The summed E-state index contributed by atoms with van der Waals surface area (Å²) in [6.45, 7) is 8.64. The summed E-state index contributed by atoms with van der Waals surface area (Å²) < 4.78 is 2.10. The number of benzene rings is 2. The molecule has 2 heterocycles. The van der Waals surface area contributed by atoms with Gasteiger partial charge in [-0.1, -0.05) is 48.2 Å². The summed E-state index contributed by atoms with van der Waals surface area (Å²) in [5.74, 6) is 0.408. The molecule has 40 heavy (non-hydrogen) atoms. The van der Waals surface area contributed by atoms with Gasteiger partial charge in [0.05, 0.1) is 11.5 Å². The van der Waals surface area contributed by atoms with Crippen LogP contribution in [0, 0.1) is 11.3 Å². The van der Waals surface area contributed by atoms with Crippen molar-refractivity contribution in [2.75, 3.05) is 27.2 Å². The average Bonchev–Trinajstić information content (AvgIpc) is 3.67. The van der Waals surface area contributed by atoms with Crippen LogP contribution in [0.25, 0.3) is 0 Å². The first kappa shape index (κ1) is 29.6. The lowest BCUT2D eigenvalue weighted by atomic mass is 9.69. The van der Waals surface area contributed by atoms with E-state index in [1.807, 2.05) is 31.3 Å².